The van der Waals surface area contributed by atoms with Crippen LogP contribution in [0.2, 0.25) is 10.0 Å². The molecule has 0 fully saturated rings. The highest BCUT2D eigenvalue weighted by Crippen LogP contribution is 2.27. The highest BCUT2D eigenvalue weighted by molar-refractivity contribution is 6.31. The van der Waals surface area contributed by atoms with Crippen molar-refractivity contribution in [2.75, 3.05) is 24.8 Å². The van der Waals surface area contributed by atoms with Gasteiger partial charge in [-0.15, -0.1) is 0 Å². The van der Waals surface area contributed by atoms with Crippen molar-refractivity contribution in [1.29, 1.82) is 0 Å². The first-order chi connectivity index (χ1) is 11.4. The number of hydrogen-bond acceptors (Lipinski definition) is 5. The molecule has 0 saturated carbocycles. The fourth-order valence-electron chi connectivity index (χ4n) is 1.89. The molecular weight excluding hydrogens is 355 g/mol. The number of carbonyl (C=O) groups is 2. The Balaban J connectivity index is 1.98. The van der Waals surface area contributed by atoms with Crippen molar-refractivity contribution in [2.45, 2.75) is 0 Å². The zero-order valence-corrected chi connectivity index (χ0v) is 14.1. The number of esters is 1. The first kappa shape index (κ1) is 17.9. The van der Waals surface area contributed by atoms with Crippen LogP contribution in [-0.4, -0.2) is 25.6 Å². The summed E-state index contributed by atoms with van der Waals surface area (Å²) in [6.07, 6.45) is 0. The van der Waals surface area contributed by atoms with Crippen molar-refractivity contribution in [3.05, 3.63) is 52.0 Å². The van der Waals surface area contributed by atoms with Gasteiger partial charge in [-0.05, 0) is 36.4 Å². The molecule has 0 saturated heterocycles. The van der Waals surface area contributed by atoms with Crippen LogP contribution in [0.1, 0.15) is 10.4 Å². The minimum Gasteiger partial charge on any atom is -0.495 e. The summed E-state index contributed by atoms with van der Waals surface area (Å²) in [5.41, 5.74) is 6.36. The maximum absolute atomic E-state index is 11.9. The lowest BCUT2D eigenvalue weighted by atomic mass is 10.2. The second-order valence-electron chi connectivity index (χ2n) is 4.70. The lowest BCUT2D eigenvalue weighted by Crippen LogP contribution is -2.21. The average molecular weight is 369 g/mol. The summed E-state index contributed by atoms with van der Waals surface area (Å²) in [6, 6.07) is 9.12. The molecule has 0 aliphatic rings. The van der Waals surface area contributed by atoms with Gasteiger partial charge in [0.2, 0.25) is 0 Å². The number of nitrogens with one attached hydrogen (secondary N) is 1. The molecule has 126 valence electrons. The van der Waals surface area contributed by atoms with Crippen LogP contribution in [0.5, 0.6) is 5.75 Å². The van der Waals surface area contributed by atoms with E-state index in [2.05, 4.69) is 5.32 Å². The predicted molar refractivity (Wildman–Crippen MR) is 92.8 cm³/mol. The molecule has 0 radical (unpaired) electrons. The molecule has 0 bridgehead atoms. The van der Waals surface area contributed by atoms with Gasteiger partial charge in [0.25, 0.3) is 5.91 Å². The minimum absolute atomic E-state index is 0.132. The van der Waals surface area contributed by atoms with Crippen molar-refractivity contribution < 1.29 is 19.1 Å². The SMILES string of the molecule is COc1ccc(Cl)cc1NC(=O)COC(=O)c1ccc(Cl)cc1N. The Bertz CT molecular complexity index is 781. The normalized spacial score (nSPS) is 10.1. The van der Waals surface area contributed by atoms with Gasteiger partial charge in [-0.3, -0.25) is 4.79 Å². The molecule has 3 N–H and O–H groups in total. The van der Waals surface area contributed by atoms with Crippen LogP contribution in [0.3, 0.4) is 0 Å². The van der Waals surface area contributed by atoms with Crippen molar-refractivity contribution >= 4 is 46.5 Å². The average Bonchev–Trinajstić information content (AvgIpc) is 2.53. The number of methoxy groups -OCH3 is 1. The van der Waals surface area contributed by atoms with Gasteiger partial charge in [0, 0.05) is 15.7 Å². The van der Waals surface area contributed by atoms with Crippen molar-refractivity contribution in [3.63, 3.8) is 0 Å². The van der Waals surface area contributed by atoms with Crippen molar-refractivity contribution in [1.82, 2.24) is 0 Å². The molecule has 2 aromatic rings. The second-order valence-corrected chi connectivity index (χ2v) is 5.57. The van der Waals surface area contributed by atoms with Crippen molar-refractivity contribution in [2.24, 2.45) is 0 Å². The zero-order chi connectivity index (χ0) is 17.7. The summed E-state index contributed by atoms with van der Waals surface area (Å²) < 4.78 is 10.1. The van der Waals surface area contributed by atoms with E-state index in [4.69, 9.17) is 38.4 Å². The molecule has 24 heavy (non-hydrogen) atoms. The lowest BCUT2D eigenvalue weighted by molar-refractivity contribution is -0.119. The third kappa shape index (κ3) is 4.53. The van der Waals surface area contributed by atoms with Crippen LogP contribution in [-0.2, 0) is 9.53 Å². The van der Waals surface area contributed by atoms with Gasteiger partial charge in [-0.2, -0.15) is 0 Å². The predicted octanol–water partition coefficient (Wildman–Crippen LogP) is 3.38. The molecule has 0 aliphatic carbocycles. The monoisotopic (exact) mass is 368 g/mol. The van der Waals surface area contributed by atoms with E-state index in [1.54, 1.807) is 12.1 Å². The van der Waals surface area contributed by atoms with Gasteiger partial charge < -0.3 is 20.5 Å². The standard InChI is InChI=1S/C16H14Cl2N2O4/c1-23-14-5-3-10(18)7-13(14)20-15(21)8-24-16(22)11-4-2-9(17)6-12(11)19/h2-7H,8,19H2,1H3,(H,20,21). The van der Waals surface area contributed by atoms with Gasteiger partial charge >= 0.3 is 5.97 Å². The topological polar surface area (TPSA) is 90.6 Å². The fourth-order valence-corrected chi connectivity index (χ4v) is 2.25. The molecule has 0 unspecified atom stereocenters. The number of nitrogens with two attached hydrogens (primary N) is 1. The van der Waals surface area contributed by atoms with Crippen LogP contribution in [0, 0.1) is 0 Å². The largest absolute Gasteiger partial charge is 0.495 e. The Morgan fingerprint density at radius 2 is 1.79 bits per heavy atom. The van der Waals surface area contributed by atoms with Crippen LogP contribution in [0.4, 0.5) is 11.4 Å². The van der Waals surface area contributed by atoms with E-state index in [9.17, 15) is 9.59 Å². The second kappa shape index (κ2) is 7.90. The van der Waals surface area contributed by atoms with E-state index in [1.165, 1.54) is 31.4 Å². The summed E-state index contributed by atoms with van der Waals surface area (Å²) in [5, 5.41) is 3.38. The molecule has 8 heteroatoms. The summed E-state index contributed by atoms with van der Waals surface area (Å²) in [4.78, 5) is 23.9. The number of rotatable bonds is 5. The third-order valence-electron chi connectivity index (χ3n) is 3.00. The van der Waals surface area contributed by atoms with Crippen LogP contribution < -0.4 is 15.8 Å². The minimum atomic E-state index is -0.725. The number of carbonyl (C=O) groups excluding carboxylic acids is 2. The van der Waals surface area contributed by atoms with E-state index < -0.39 is 18.5 Å². The molecule has 0 spiro atoms. The molecule has 2 rings (SSSR count). The number of anilines is 2. The van der Waals surface area contributed by atoms with Crippen molar-refractivity contribution in [3.8, 4) is 5.75 Å². The first-order valence-electron chi connectivity index (χ1n) is 6.76. The smallest absolute Gasteiger partial charge is 0.340 e. The maximum Gasteiger partial charge on any atom is 0.340 e. The molecule has 2 aromatic carbocycles. The van der Waals surface area contributed by atoms with Gasteiger partial charge in [0.1, 0.15) is 5.75 Å². The number of benzene rings is 2. The molecule has 1 amide bonds. The van der Waals surface area contributed by atoms with Crippen LogP contribution >= 0.6 is 23.2 Å². The van der Waals surface area contributed by atoms with E-state index >= 15 is 0 Å². The van der Waals surface area contributed by atoms with Gasteiger partial charge in [0.15, 0.2) is 6.61 Å². The van der Waals surface area contributed by atoms with E-state index in [0.717, 1.165) is 0 Å². The summed E-state index contributed by atoms with van der Waals surface area (Å²) in [7, 11) is 1.46. The quantitative estimate of drug-likeness (QED) is 0.623. The van der Waals surface area contributed by atoms with Gasteiger partial charge in [-0.25, -0.2) is 4.79 Å². The van der Waals surface area contributed by atoms with E-state index in [0.29, 0.717) is 21.5 Å². The Hall–Kier alpha value is -2.44. The van der Waals surface area contributed by atoms with Crippen LogP contribution in [0.15, 0.2) is 36.4 Å². The molecule has 0 aliphatic heterocycles. The summed E-state index contributed by atoms with van der Waals surface area (Å²) in [5.74, 6) is -0.838. The first-order valence-corrected chi connectivity index (χ1v) is 7.52. The zero-order valence-electron chi connectivity index (χ0n) is 12.6. The summed E-state index contributed by atoms with van der Waals surface area (Å²) in [6.45, 7) is -0.490. The number of ether oxygens (including phenoxy) is 2. The number of nitrogen functional groups attached to an aromatic ring is 1. The molecule has 0 heterocycles. The Labute approximate surface area is 148 Å². The maximum atomic E-state index is 11.9. The molecule has 6 nitrogen and oxygen atoms in total. The highest BCUT2D eigenvalue weighted by atomic mass is 35.5. The lowest BCUT2D eigenvalue weighted by Gasteiger charge is -2.11. The summed E-state index contributed by atoms with van der Waals surface area (Å²) >= 11 is 11.6. The number of amides is 1. The van der Waals surface area contributed by atoms with Crippen LogP contribution in [0.25, 0.3) is 0 Å². The Morgan fingerprint density at radius 1 is 1.12 bits per heavy atom. The van der Waals surface area contributed by atoms with E-state index in [1.807, 2.05) is 0 Å². The number of halogens is 2. The van der Waals surface area contributed by atoms with Gasteiger partial charge in [0.05, 0.1) is 18.4 Å². The Kier molecular flexibility index (Phi) is 5.89. The van der Waals surface area contributed by atoms with Gasteiger partial charge in [-0.1, -0.05) is 23.2 Å². The molecular formula is C16H14Cl2N2O4. The fraction of sp³-hybridized carbons (Fsp3) is 0.125. The Morgan fingerprint density at radius 3 is 2.46 bits per heavy atom. The number of hydrogen-bond donors (Lipinski definition) is 2. The molecule has 0 atom stereocenters. The molecule has 0 aromatic heterocycles. The highest BCUT2D eigenvalue weighted by Gasteiger charge is 2.15. The third-order valence-corrected chi connectivity index (χ3v) is 3.47. The van der Waals surface area contributed by atoms with E-state index in [-0.39, 0.29) is 11.3 Å².